The lowest BCUT2D eigenvalue weighted by molar-refractivity contribution is -0.143. The second-order valence-electron chi connectivity index (χ2n) is 9.11. The van der Waals surface area contributed by atoms with E-state index < -0.39 is 12.1 Å². The number of carbonyl (C=O) groups excluding carboxylic acids is 2. The summed E-state index contributed by atoms with van der Waals surface area (Å²) in [5.41, 5.74) is 3.64. The van der Waals surface area contributed by atoms with Crippen LogP contribution in [0.3, 0.4) is 0 Å². The molecule has 1 saturated heterocycles. The second-order valence-corrected chi connectivity index (χ2v) is 9.11. The Balaban J connectivity index is 1.38. The Morgan fingerprint density at radius 2 is 1.93 bits per heavy atom. The summed E-state index contributed by atoms with van der Waals surface area (Å²) >= 11 is 0. The van der Waals surface area contributed by atoms with Crippen LogP contribution in [-0.4, -0.2) is 40.5 Å². The summed E-state index contributed by atoms with van der Waals surface area (Å²) in [5.74, 6) is 0.214. The van der Waals surface area contributed by atoms with Gasteiger partial charge in [0.15, 0.2) is 6.10 Å². The minimum atomic E-state index is -0.774. The van der Waals surface area contributed by atoms with Gasteiger partial charge in [-0.3, -0.25) is 9.59 Å². The molecule has 2 bridgehead atoms. The van der Waals surface area contributed by atoms with E-state index in [0.717, 1.165) is 23.2 Å². The van der Waals surface area contributed by atoms with E-state index in [4.69, 9.17) is 4.74 Å². The summed E-state index contributed by atoms with van der Waals surface area (Å²) in [4.78, 5) is 39.9. The van der Waals surface area contributed by atoms with Crippen molar-refractivity contribution < 1.29 is 14.3 Å². The molecule has 5 rings (SSSR count). The van der Waals surface area contributed by atoms with Crippen molar-refractivity contribution in [2.75, 3.05) is 13.1 Å². The third-order valence-electron chi connectivity index (χ3n) is 6.74. The average Bonchev–Trinajstić information content (AvgIpc) is 2.73. The summed E-state index contributed by atoms with van der Waals surface area (Å²) in [6.45, 7) is 6.03. The van der Waals surface area contributed by atoms with Gasteiger partial charge in [-0.1, -0.05) is 32.0 Å². The average molecular weight is 406 g/mol. The van der Waals surface area contributed by atoms with Crippen molar-refractivity contribution >= 4 is 11.9 Å². The van der Waals surface area contributed by atoms with Crippen LogP contribution in [0.25, 0.3) is 0 Å². The lowest BCUT2D eigenvalue weighted by Gasteiger charge is -2.43. The summed E-state index contributed by atoms with van der Waals surface area (Å²) in [6.07, 6.45) is 0.630. The molecule has 0 radical (unpaired) electrons. The number of hydrogen-bond acceptors (Lipinski definition) is 4. The highest BCUT2D eigenvalue weighted by atomic mass is 16.5. The van der Waals surface area contributed by atoms with Gasteiger partial charge in [-0.15, -0.1) is 0 Å². The van der Waals surface area contributed by atoms with Crippen molar-refractivity contribution in [3.05, 3.63) is 69.1 Å². The molecule has 0 aliphatic carbocycles. The number of hydrogen-bond donors (Lipinski definition) is 0. The number of likely N-dealkylation sites (tertiary alicyclic amines) is 1. The fourth-order valence-electron chi connectivity index (χ4n) is 5.19. The largest absolute Gasteiger partial charge is 0.448 e. The van der Waals surface area contributed by atoms with E-state index in [0.29, 0.717) is 37.5 Å². The van der Waals surface area contributed by atoms with Gasteiger partial charge in [0.1, 0.15) is 0 Å². The molecule has 3 unspecified atom stereocenters. The van der Waals surface area contributed by atoms with Crippen LogP contribution in [0, 0.1) is 5.92 Å². The van der Waals surface area contributed by atoms with Gasteiger partial charge in [0.05, 0.1) is 5.56 Å². The summed E-state index contributed by atoms with van der Waals surface area (Å²) in [5, 5.41) is 0. The maximum atomic E-state index is 13.3. The van der Waals surface area contributed by atoms with Crippen LogP contribution in [0.1, 0.15) is 59.3 Å². The van der Waals surface area contributed by atoms with Gasteiger partial charge in [0.25, 0.3) is 11.5 Å². The zero-order valence-electron chi connectivity index (χ0n) is 17.3. The highest BCUT2D eigenvalue weighted by Gasteiger charge is 2.40. The van der Waals surface area contributed by atoms with Crippen LogP contribution < -0.4 is 5.56 Å². The summed E-state index contributed by atoms with van der Waals surface area (Å²) < 4.78 is 7.41. The molecule has 1 amide bonds. The highest BCUT2D eigenvalue weighted by molar-refractivity contribution is 5.96. The van der Waals surface area contributed by atoms with Crippen molar-refractivity contribution in [2.45, 2.75) is 51.2 Å². The van der Waals surface area contributed by atoms with Crippen molar-refractivity contribution in [3.63, 3.8) is 0 Å². The molecule has 0 spiro atoms. The smallest absolute Gasteiger partial charge is 0.339 e. The molecule has 3 aliphatic heterocycles. The van der Waals surface area contributed by atoms with E-state index in [1.54, 1.807) is 12.1 Å². The van der Waals surface area contributed by atoms with E-state index in [-0.39, 0.29) is 23.3 Å². The van der Waals surface area contributed by atoms with Crippen LogP contribution in [-0.2, 0) is 22.5 Å². The molecule has 156 valence electrons. The fourth-order valence-corrected chi connectivity index (χ4v) is 5.19. The van der Waals surface area contributed by atoms with E-state index >= 15 is 0 Å². The summed E-state index contributed by atoms with van der Waals surface area (Å²) in [6, 6.07) is 11.2. The van der Waals surface area contributed by atoms with Crippen molar-refractivity contribution in [2.24, 2.45) is 5.92 Å². The van der Waals surface area contributed by atoms with Gasteiger partial charge in [-0.25, -0.2) is 4.79 Å². The molecule has 1 fully saturated rings. The van der Waals surface area contributed by atoms with Gasteiger partial charge in [-0.05, 0) is 41.5 Å². The lowest BCUT2D eigenvalue weighted by atomic mass is 9.82. The lowest BCUT2D eigenvalue weighted by Crippen LogP contribution is -2.53. The second kappa shape index (κ2) is 7.11. The van der Waals surface area contributed by atoms with Gasteiger partial charge in [-0.2, -0.15) is 0 Å². The Morgan fingerprint density at radius 1 is 1.10 bits per heavy atom. The molecule has 2 aromatic rings. The number of nitrogens with zero attached hydrogens (tertiary/aromatic N) is 2. The number of fused-ring (bicyclic) bond motifs is 5. The quantitative estimate of drug-likeness (QED) is 0.719. The number of cyclic esters (lactones) is 1. The molecule has 4 heterocycles. The number of esters is 1. The SMILES string of the molecule is CC(C)c1ccc2c(c1)CC(C(=O)N1CC3CC(C1)c1cccc(=O)n1C3)OC2=O. The monoisotopic (exact) mass is 406 g/mol. The Hall–Kier alpha value is -2.89. The molecule has 30 heavy (non-hydrogen) atoms. The van der Waals surface area contributed by atoms with Crippen LogP contribution in [0.4, 0.5) is 0 Å². The van der Waals surface area contributed by atoms with Crippen molar-refractivity contribution in [1.82, 2.24) is 9.47 Å². The van der Waals surface area contributed by atoms with E-state index in [2.05, 4.69) is 13.8 Å². The molecule has 6 heteroatoms. The zero-order chi connectivity index (χ0) is 21.0. The molecule has 1 aromatic heterocycles. The van der Waals surface area contributed by atoms with E-state index in [1.165, 1.54) is 0 Å². The van der Waals surface area contributed by atoms with Gasteiger partial charge in [0, 0.05) is 43.7 Å². The number of pyridine rings is 1. The number of amides is 1. The number of ether oxygens (including phenoxy) is 1. The van der Waals surface area contributed by atoms with Gasteiger partial charge in [0.2, 0.25) is 0 Å². The third-order valence-corrected chi connectivity index (χ3v) is 6.74. The van der Waals surface area contributed by atoms with Gasteiger partial charge < -0.3 is 14.2 Å². The Labute approximate surface area is 175 Å². The fraction of sp³-hybridized carbons (Fsp3) is 0.458. The molecule has 1 aromatic carbocycles. The molecule has 3 aliphatic rings. The van der Waals surface area contributed by atoms with Crippen molar-refractivity contribution in [3.8, 4) is 0 Å². The van der Waals surface area contributed by atoms with E-state index in [9.17, 15) is 14.4 Å². The maximum absolute atomic E-state index is 13.3. The number of carbonyl (C=O) groups is 2. The molecular weight excluding hydrogens is 380 g/mol. The van der Waals surface area contributed by atoms with Gasteiger partial charge >= 0.3 is 5.97 Å². The first-order chi connectivity index (χ1) is 14.4. The number of piperidine rings is 1. The number of benzene rings is 1. The molecule has 0 saturated carbocycles. The topological polar surface area (TPSA) is 68.6 Å². The van der Waals surface area contributed by atoms with Crippen LogP contribution in [0.2, 0.25) is 0 Å². The minimum absolute atomic E-state index is 0.0285. The summed E-state index contributed by atoms with van der Waals surface area (Å²) in [7, 11) is 0. The van der Waals surface area contributed by atoms with Crippen LogP contribution >= 0.6 is 0 Å². The van der Waals surface area contributed by atoms with Crippen LogP contribution in [0.5, 0.6) is 0 Å². The predicted molar refractivity (Wildman–Crippen MR) is 112 cm³/mol. The Morgan fingerprint density at radius 3 is 2.73 bits per heavy atom. The number of aromatic nitrogens is 1. The maximum Gasteiger partial charge on any atom is 0.339 e. The third kappa shape index (κ3) is 3.15. The standard InChI is InChI=1S/C24H26N2O4/c1-14(2)16-6-7-19-17(9-16)10-21(30-24(19)29)23(28)25-11-15-8-18(13-25)20-4-3-5-22(27)26(20)12-15/h3-7,9,14-15,18,21H,8,10-13H2,1-2H3. The van der Waals surface area contributed by atoms with Crippen molar-refractivity contribution in [1.29, 1.82) is 0 Å². The molecule has 0 N–H and O–H groups in total. The van der Waals surface area contributed by atoms with Crippen LogP contribution in [0.15, 0.2) is 41.2 Å². The zero-order valence-corrected chi connectivity index (χ0v) is 17.3. The predicted octanol–water partition coefficient (Wildman–Crippen LogP) is 2.70. The normalized spacial score (nSPS) is 24.8. The first kappa shape index (κ1) is 19.1. The highest BCUT2D eigenvalue weighted by Crippen LogP contribution is 2.36. The Kier molecular flexibility index (Phi) is 4.53. The molecule has 3 atom stereocenters. The molecular formula is C24H26N2O4. The van der Waals surface area contributed by atoms with E-state index in [1.807, 2.05) is 33.7 Å². The first-order valence-corrected chi connectivity index (χ1v) is 10.7. The first-order valence-electron chi connectivity index (χ1n) is 10.7. The minimum Gasteiger partial charge on any atom is -0.448 e. The Bertz CT molecular complexity index is 1090. The number of rotatable bonds is 2. The molecule has 6 nitrogen and oxygen atoms in total.